The molecular formula is C20H13Li2O4-. The number of carbonyl (C=O) groups is 1. The van der Waals surface area contributed by atoms with Gasteiger partial charge in [-0.15, -0.1) is 12.1 Å². The molecule has 4 nitrogen and oxygen atoms in total. The molecule has 3 aromatic carbocycles. The third-order valence-corrected chi connectivity index (χ3v) is 3.67. The molecule has 0 heterocycles. The van der Waals surface area contributed by atoms with Crippen molar-refractivity contribution in [2.45, 2.75) is 0 Å². The SMILES string of the molecule is O=[C-]c1ccc(-c2ccc(-c3ccc(C(=O)[O-])cc3)cc2)cc1.[Li+].[Li+].[OH-]. The van der Waals surface area contributed by atoms with Crippen LogP contribution in [-0.2, 0) is 4.79 Å². The summed E-state index contributed by atoms with van der Waals surface area (Å²) in [5.41, 5.74) is 4.68. The summed E-state index contributed by atoms with van der Waals surface area (Å²) in [6.45, 7) is 0. The van der Waals surface area contributed by atoms with Crippen molar-refractivity contribution in [2.75, 3.05) is 0 Å². The van der Waals surface area contributed by atoms with Gasteiger partial charge >= 0.3 is 37.7 Å². The Balaban J connectivity index is 0.00000208. The molecule has 0 aliphatic rings. The summed E-state index contributed by atoms with van der Waals surface area (Å²) in [4.78, 5) is 21.3. The Kier molecular flexibility index (Phi) is 9.98. The monoisotopic (exact) mass is 331 g/mol. The summed E-state index contributed by atoms with van der Waals surface area (Å²) in [6.07, 6.45) is 1.85. The molecule has 0 saturated heterocycles. The normalized spacial score (nSPS) is 9.08. The predicted octanol–water partition coefficient (Wildman–Crippen LogP) is -3.33. The van der Waals surface area contributed by atoms with E-state index in [1.807, 2.05) is 42.7 Å². The maximum Gasteiger partial charge on any atom is 1.00 e. The van der Waals surface area contributed by atoms with E-state index in [0.717, 1.165) is 22.3 Å². The van der Waals surface area contributed by atoms with Gasteiger partial charge < -0.3 is 20.2 Å². The molecule has 0 amide bonds. The van der Waals surface area contributed by atoms with Crippen molar-refractivity contribution in [1.29, 1.82) is 0 Å². The van der Waals surface area contributed by atoms with Crippen LogP contribution in [0, 0.1) is 0 Å². The summed E-state index contributed by atoms with van der Waals surface area (Å²) >= 11 is 0. The average molecular weight is 331 g/mol. The fourth-order valence-electron chi connectivity index (χ4n) is 2.38. The van der Waals surface area contributed by atoms with Gasteiger partial charge in [-0.25, -0.2) is 0 Å². The Labute approximate surface area is 175 Å². The minimum atomic E-state index is -1.18. The Hall–Kier alpha value is -2.05. The van der Waals surface area contributed by atoms with E-state index < -0.39 is 5.97 Å². The second-order valence-corrected chi connectivity index (χ2v) is 5.12. The second kappa shape index (κ2) is 10.8. The van der Waals surface area contributed by atoms with E-state index in [1.54, 1.807) is 24.3 Å². The molecule has 0 saturated carbocycles. The first-order chi connectivity index (χ1) is 11.2. The molecule has 120 valence electrons. The fraction of sp³-hybridized carbons (Fsp3) is 0. The van der Waals surface area contributed by atoms with Gasteiger partial charge in [-0.05, 0) is 27.8 Å². The number of rotatable bonds is 4. The number of carbonyl (C=O) groups excluding carboxylic acids is 2. The van der Waals surface area contributed by atoms with Crippen LogP contribution >= 0.6 is 0 Å². The van der Waals surface area contributed by atoms with Gasteiger partial charge in [0.05, 0.1) is 12.3 Å². The number of aromatic carboxylic acids is 1. The zero-order valence-corrected chi connectivity index (χ0v) is 14.6. The molecule has 1 N–H and O–H groups in total. The molecule has 0 bridgehead atoms. The Morgan fingerprint density at radius 2 is 0.962 bits per heavy atom. The van der Waals surface area contributed by atoms with Crippen molar-refractivity contribution in [1.82, 2.24) is 0 Å². The fourth-order valence-corrected chi connectivity index (χ4v) is 2.38. The number of benzene rings is 3. The van der Waals surface area contributed by atoms with Crippen LogP contribution in [0.4, 0.5) is 0 Å². The predicted molar refractivity (Wildman–Crippen MR) is 88.4 cm³/mol. The summed E-state index contributed by atoms with van der Waals surface area (Å²) < 4.78 is 0. The molecule has 0 aliphatic carbocycles. The number of hydrogen-bond acceptors (Lipinski definition) is 4. The molecule has 0 aromatic heterocycles. The van der Waals surface area contributed by atoms with Crippen LogP contribution in [0.1, 0.15) is 15.9 Å². The van der Waals surface area contributed by atoms with Gasteiger partial charge in [-0.2, -0.15) is 17.7 Å². The maximum absolute atomic E-state index is 10.8. The Morgan fingerprint density at radius 3 is 1.27 bits per heavy atom. The van der Waals surface area contributed by atoms with Crippen LogP contribution in [0.2, 0.25) is 0 Å². The largest absolute Gasteiger partial charge is 1.00 e. The first-order valence-corrected chi connectivity index (χ1v) is 7.08. The van der Waals surface area contributed by atoms with E-state index in [9.17, 15) is 14.7 Å². The molecule has 3 rings (SSSR count). The molecule has 0 aliphatic heterocycles. The summed E-state index contributed by atoms with van der Waals surface area (Å²) in [6, 6.07) is 21.7. The summed E-state index contributed by atoms with van der Waals surface area (Å²) in [7, 11) is 0. The van der Waals surface area contributed by atoms with Gasteiger partial charge in [0, 0.05) is 0 Å². The Bertz CT molecular complexity index is 842. The van der Waals surface area contributed by atoms with Crippen LogP contribution in [0.25, 0.3) is 22.3 Å². The molecule has 0 spiro atoms. The van der Waals surface area contributed by atoms with Crippen molar-refractivity contribution in [3.63, 3.8) is 0 Å². The minimum absolute atomic E-state index is 0. The number of carboxylic acids is 1. The van der Waals surface area contributed by atoms with E-state index in [2.05, 4.69) is 0 Å². The molecular weight excluding hydrogens is 318 g/mol. The van der Waals surface area contributed by atoms with Crippen molar-refractivity contribution in [2.24, 2.45) is 0 Å². The van der Waals surface area contributed by atoms with E-state index in [4.69, 9.17) is 0 Å². The molecule has 3 aromatic rings. The molecule has 6 heteroatoms. The van der Waals surface area contributed by atoms with Crippen LogP contribution < -0.4 is 42.8 Å². The van der Waals surface area contributed by atoms with Gasteiger partial charge in [-0.1, -0.05) is 48.5 Å². The van der Waals surface area contributed by atoms with Crippen molar-refractivity contribution in [3.05, 3.63) is 83.9 Å². The van der Waals surface area contributed by atoms with Crippen molar-refractivity contribution < 1.29 is 57.9 Å². The zero-order valence-electron chi connectivity index (χ0n) is 14.6. The molecule has 26 heavy (non-hydrogen) atoms. The topological polar surface area (TPSA) is 87.2 Å². The van der Waals surface area contributed by atoms with Crippen LogP contribution in [0.3, 0.4) is 0 Å². The van der Waals surface area contributed by atoms with Gasteiger partial charge in [0.1, 0.15) is 0 Å². The standard InChI is InChI=1S/C20H13O3.2Li.H2O/c21-13-14-1-3-15(4-2-14)16-5-7-17(8-6-16)18-9-11-19(12-10-18)20(22)23;;;/h1-12H,(H,22,23);;;1H2/q-1;2*+1;/p-2. The molecule has 0 unspecified atom stereocenters. The second-order valence-electron chi connectivity index (χ2n) is 5.12. The first-order valence-electron chi connectivity index (χ1n) is 7.08. The van der Waals surface area contributed by atoms with Crippen LogP contribution in [-0.4, -0.2) is 17.7 Å². The van der Waals surface area contributed by atoms with Crippen molar-refractivity contribution >= 4 is 12.3 Å². The molecule has 0 fully saturated rings. The molecule has 0 atom stereocenters. The van der Waals surface area contributed by atoms with Gasteiger partial charge in [0.25, 0.3) is 0 Å². The quantitative estimate of drug-likeness (QED) is 0.370. The number of carboxylic acid groups (broad SMARTS) is 1. The van der Waals surface area contributed by atoms with E-state index in [-0.39, 0.29) is 48.8 Å². The van der Waals surface area contributed by atoms with Crippen LogP contribution in [0.15, 0.2) is 72.8 Å². The minimum Gasteiger partial charge on any atom is -0.870 e. The van der Waals surface area contributed by atoms with Gasteiger partial charge in [-0.3, -0.25) is 0 Å². The van der Waals surface area contributed by atoms with Gasteiger partial charge in [0.15, 0.2) is 0 Å². The van der Waals surface area contributed by atoms with Crippen LogP contribution in [0.5, 0.6) is 0 Å². The van der Waals surface area contributed by atoms with Gasteiger partial charge in [0.2, 0.25) is 0 Å². The third kappa shape index (κ3) is 5.48. The number of hydrogen-bond donors (Lipinski definition) is 0. The summed E-state index contributed by atoms with van der Waals surface area (Å²) in [5, 5.41) is 10.8. The average Bonchev–Trinajstić information content (AvgIpc) is 2.62. The smallest absolute Gasteiger partial charge is 0.870 e. The Morgan fingerprint density at radius 1 is 0.654 bits per heavy atom. The summed E-state index contributed by atoms with van der Waals surface area (Å²) in [5.74, 6) is -1.18. The van der Waals surface area contributed by atoms with E-state index >= 15 is 0 Å². The first kappa shape index (κ1) is 24.0. The zero-order chi connectivity index (χ0) is 16.2. The molecule has 0 radical (unpaired) electrons. The van der Waals surface area contributed by atoms with Crippen molar-refractivity contribution in [3.8, 4) is 22.3 Å². The maximum atomic E-state index is 10.8. The third-order valence-electron chi connectivity index (χ3n) is 3.67. The van der Waals surface area contributed by atoms with E-state index in [0.29, 0.717) is 5.56 Å². The van der Waals surface area contributed by atoms with E-state index in [1.165, 1.54) is 12.1 Å².